The maximum absolute atomic E-state index is 14.6. The SMILES string of the molecule is CO[C@@H]1C[C@@H]2CC[C@@H](C)[C@@](O)(O2)C(=O)C(=O)N2CCCC[C@H]2C(=O)O[C@H]([C@H](C)C[C@@H]2CC[C@@H](OCCOP(=O)([O-])OCC[N+](C)(C)C)[C@H](OC)C2)CC(=O)[C@H](C)/C=C(\C)[C@@H](O)[C@@H](OC)C(=O)[C@H](C)C[C@H](C)/C=C/C=C/C=C/1C. The summed E-state index contributed by atoms with van der Waals surface area (Å²) in [6.45, 7) is 12.8. The highest BCUT2D eigenvalue weighted by molar-refractivity contribution is 7.45. The fraction of sp³-hybridized carbons (Fsp3) is 0.776. The normalized spacial score (nSPS) is 36.7. The molecule has 1 amide bonds. The molecule has 3 fully saturated rings. The number of hydrogen-bond acceptors (Lipinski definition) is 17. The Hall–Kier alpha value is -3.30. The van der Waals surface area contributed by atoms with Crippen LogP contribution < -0.4 is 4.89 Å². The van der Waals surface area contributed by atoms with Gasteiger partial charge >= 0.3 is 5.97 Å². The molecule has 4 aliphatic rings. The van der Waals surface area contributed by atoms with Gasteiger partial charge in [-0.15, -0.1) is 0 Å². The Morgan fingerprint density at radius 1 is 0.846 bits per heavy atom. The number of piperidine rings is 1. The first-order chi connectivity index (χ1) is 36.6. The molecule has 1 aliphatic carbocycles. The first-order valence-corrected chi connectivity index (χ1v) is 29.6. The number of ketones is 3. The molecule has 0 aromatic carbocycles. The summed E-state index contributed by atoms with van der Waals surface area (Å²) in [6.07, 6.45) is 10.8. The van der Waals surface area contributed by atoms with Gasteiger partial charge in [-0.2, -0.15) is 0 Å². The number of fused-ring (bicyclic) bond motifs is 3. The predicted molar refractivity (Wildman–Crippen MR) is 291 cm³/mol. The van der Waals surface area contributed by atoms with Gasteiger partial charge in [0.25, 0.3) is 19.5 Å². The number of hydrogen-bond donors (Lipinski definition) is 2. The number of Topliss-reactive ketones (excluding diaryl/α,β-unsaturated/α-hetero) is 3. The molecule has 4 rings (SSSR count). The van der Waals surface area contributed by atoms with Gasteiger partial charge in [-0.05, 0) is 107 Å². The number of carbonyl (C=O) groups excluding carboxylic acids is 5. The van der Waals surface area contributed by atoms with Gasteiger partial charge in [0.2, 0.25) is 5.79 Å². The molecule has 78 heavy (non-hydrogen) atoms. The van der Waals surface area contributed by atoms with Crippen LogP contribution in [0.1, 0.15) is 126 Å². The Kier molecular flexibility index (Phi) is 26.9. The lowest BCUT2D eigenvalue weighted by molar-refractivity contribution is -0.870. The third-order valence-electron chi connectivity index (χ3n) is 16.1. The number of cyclic esters (lactones) is 1. The summed E-state index contributed by atoms with van der Waals surface area (Å²) in [7, 11) is 5.75. The van der Waals surface area contributed by atoms with Gasteiger partial charge in [-0.25, -0.2) is 4.79 Å². The van der Waals surface area contributed by atoms with Crippen LogP contribution in [0.25, 0.3) is 0 Å². The molecular weight excluding hydrogens is 1030 g/mol. The monoisotopic (exact) mass is 1120 g/mol. The maximum atomic E-state index is 14.6. The molecule has 16 atom stereocenters. The highest BCUT2D eigenvalue weighted by atomic mass is 31.2. The van der Waals surface area contributed by atoms with Crippen LogP contribution >= 0.6 is 7.82 Å². The van der Waals surface area contributed by atoms with E-state index in [9.17, 15) is 43.6 Å². The highest BCUT2D eigenvalue weighted by Crippen LogP contribution is 2.40. The second-order valence-corrected chi connectivity index (χ2v) is 25.0. The van der Waals surface area contributed by atoms with Crippen molar-refractivity contribution in [3.63, 3.8) is 0 Å². The summed E-state index contributed by atoms with van der Waals surface area (Å²) in [5.41, 5.74) is 1.22. The standard InChI is InChI=1S/C58H95N2O17P/c1-37-19-15-14-16-20-38(2)49(70-11)35-45-24-22-43(7)58(67,77-45)55(64)56(65)59-26-18-17-21-46(59)57(66)76-50(36-47(61)39(3)32-42(6)53(63)54(72-13)52(62)41(5)31-37)40(4)33-44-23-25-48(51(34-44)71-12)73-29-30-75-78(68,69)74-28-27-60(8,9)10/h14-16,19-20,32,37,39-41,43-46,48-51,53-54,63,67H,17-18,21-31,33-36H2,1-13H3/b16-14+,19-15+,38-20+,42-32+/t37-,39-,40-,41-,43-,44+,45+,46+,48-,49-,50+,51-,53-,54+,58-/m1/s1. The lowest BCUT2D eigenvalue weighted by atomic mass is 9.78. The van der Waals surface area contributed by atoms with E-state index in [-0.39, 0.29) is 74.8 Å². The van der Waals surface area contributed by atoms with E-state index in [0.29, 0.717) is 80.8 Å². The van der Waals surface area contributed by atoms with E-state index in [2.05, 4.69) is 0 Å². The van der Waals surface area contributed by atoms with Crippen LogP contribution in [0.15, 0.2) is 47.6 Å². The first-order valence-electron chi connectivity index (χ1n) is 28.2. The fourth-order valence-electron chi connectivity index (χ4n) is 11.1. The van der Waals surface area contributed by atoms with E-state index in [1.54, 1.807) is 48.0 Å². The Morgan fingerprint density at radius 2 is 1.55 bits per heavy atom. The van der Waals surface area contributed by atoms with E-state index in [1.165, 1.54) is 12.0 Å². The minimum absolute atomic E-state index is 0.00477. The molecule has 1 unspecified atom stereocenters. The van der Waals surface area contributed by atoms with Crippen molar-refractivity contribution >= 4 is 37.0 Å². The van der Waals surface area contributed by atoms with Crippen molar-refractivity contribution in [3.05, 3.63) is 47.6 Å². The summed E-state index contributed by atoms with van der Waals surface area (Å²) < 4.78 is 58.8. The smallest absolute Gasteiger partial charge is 0.329 e. The number of esters is 1. The van der Waals surface area contributed by atoms with Gasteiger partial charge in [-0.3, -0.25) is 23.7 Å². The lowest BCUT2D eigenvalue weighted by Crippen LogP contribution is -2.61. The zero-order chi connectivity index (χ0) is 58.1. The van der Waals surface area contributed by atoms with Gasteiger partial charge in [0, 0.05) is 58.5 Å². The number of aliphatic hydroxyl groups is 2. The number of amides is 1. The van der Waals surface area contributed by atoms with Crippen LogP contribution in [-0.2, 0) is 66.0 Å². The third-order valence-corrected chi connectivity index (χ3v) is 17.1. The van der Waals surface area contributed by atoms with E-state index in [1.807, 2.05) is 72.3 Å². The number of phosphoric acid groups is 1. The number of methoxy groups -OCH3 is 3. The number of rotatable bonds is 15. The van der Waals surface area contributed by atoms with Crippen molar-refractivity contribution in [2.24, 2.45) is 35.5 Å². The quantitative estimate of drug-likeness (QED) is 0.0449. The Balaban J connectivity index is 1.62. The topological polar surface area (TPSA) is 243 Å². The van der Waals surface area contributed by atoms with Gasteiger partial charge in [0.05, 0.1) is 58.8 Å². The first kappa shape index (κ1) is 67.2. The largest absolute Gasteiger partial charge is 0.756 e. The summed E-state index contributed by atoms with van der Waals surface area (Å²) in [5, 5.41) is 23.6. The summed E-state index contributed by atoms with van der Waals surface area (Å²) in [6, 6.07) is -1.19. The molecule has 2 saturated heterocycles. The van der Waals surface area contributed by atoms with Crippen molar-refractivity contribution in [2.45, 2.75) is 180 Å². The zero-order valence-electron chi connectivity index (χ0n) is 48.9. The Bertz CT molecular complexity index is 2160. The van der Waals surface area contributed by atoms with Crippen molar-refractivity contribution in [1.82, 2.24) is 4.90 Å². The third kappa shape index (κ3) is 20.0. The maximum Gasteiger partial charge on any atom is 0.329 e. The van der Waals surface area contributed by atoms with Gasteiger partial charge in [0.15, 0.2) is 5.78 Å². The van der Waals surface area contributed by atoms with E-state index in [0.717, 1.165) is 5.57 Å². The van der Waals surface area contributed by atoms with Crippen LogP contribution in [0.5, 0.6) is 0 Å². The number of carbonyl (C=O) groups is 5. The number of likely N-dealkylation sites (N-methyl/N-ethyl adjacent to an activating group) is 1. The van der Waals surface area contributed by atoms with Crippen LogP contribution in [0, 0.1) is 35.5 Å². The molecular formula is C58H95N2O17P. The average Bonchev–Trinajstić information content (AvgIpc) is 3.38. The lowest BCUT2D eigenvalue weighted by Gasteiger charge is -2.42. The van der Waals surface area contributed by atoms with E-state index >= 15 is 0 Å². The number of aliphatic hydroxyl groups excluding tert-OH is 1. The molecule has 0 aromatic heterocycles. The summed E-state index contributed by atoms with van der Waals surface area (Å²) in [5.74, 6) is -8.43. The minimum Gasteiger partial charge on any atom is -0.756 e. The van der Waals surface area contributed by atoms with Gasteiger partial charge < -0.3 is 62.0 Å². The molecule has 0 spiro atoms. The second kappa shape index (κ2) is 31.2. The molecule has 19 nitrogen and oxygen atoms in total. The minimum atomic E-state index is -4.53. The van der Waals surface area contributed by atoms with Crippen LogP contribution in [0.4, 0.5) is 0 Å². The van der Waals surface area contributed by atoms with Crippen molar-refractivity contribution < 1.29 is 85.6 Å². The molecule has 444 valence electrons. The van der Waals surface area contributed by atoms with Crippen molar-refractivity contribution in [1.29, 1.82) is 0 Å². The van der Waals surface area contributed by atoms with E-state index < -0.39 is 91.5 Å². The van der Waals surface area contributed by atoms with Crippen molar-refractivity contribution in [2.75, 3.05) is 75.4 Å². The average molecular weight is 1120 g/mol. The van der Waals surface area contributed by atoms with Crippen LogP contribution in [-0.4, -0.2) is 179 Å². The van der Waals surface area contributed by atoms with Crippen LogP contribution in [0.3, 0.4) is 0 Å². The molecule has 0 aromatic rings. The Labute approximate surface area is 464 Å². The highest BCUT2D eigenvalue weighted by Gasteiger charge is 2.53. The summed E-state index contributed by atoms with van der Waals surface area (Å²) in [4.78, 5) is 85.0. The fourth-order valence-corrected chi connectivity index (χ4v) is 11.8. The molecule has 2 bridgehead atoms. The van der Waals surface area contributed by atoms with E-state index in [4.69, 9.17) is 37.5 Å². The molecule has 20 heteroatoms. The number of allylic oxidation sites excluding steroid dienone is 6. The van der Waals surface area contributed by atoms with Gasteiger partial charge in [0.1, 0.15) is 43.3 Å². The molecule has 3 heterocycles. The molecule has 2 N–H and O–H groups in total. The van der Waals surface area contributed by atoms with Crippen LogP contribution in [0.2, 0.25) is 0 Å². The summed E-state index contributed by atoms with van der Waals surface area (Å²) >= 11 is 0. The number of nitrogens with zero attached hydrogens (tertiary/aromatic N) is 2. The molecule has 1 saturated carbocycles. The predicted octanol–water partition coefficient (Wildman–Crippen LogP) is 6.41. The second-order valence-electron chi connectivity index (χ2n) is 23.6. The number of phosphoric ester groups is 1. The zero-order valence-corrected chi connectivity index (χ0v) is 49.8. The number of quaternary nitrogens is 1. The molecule has 0 radical (unpaired) electrons. The number of ether oxygens (including phenoxy) is 6. The molecule has 3 aliphatic heterocycles. The van der Waals surface area contributed by atoms with Crippen molar-refractivity contribution in [3.8, 4) is 0 Å². The Morgan fingerprint density at radius 3 is 2.22 bits per heavy atom. The van der Waals surface area contributed by atoms with Gasteiger partial charge in [-0.1, -0.05) is 71.1 Å².